The van der Waals surface area contributed by atoms with Gasteiger partial charge in [-0.05, 0) is 26.2 Å². The average molecular weight is 496 g/mol. The van der Waals surface area contributed by atoms with Crippen molar-refractivity contribution in [3.05, 3.63) is 44.9 Å². The van der Waals surface area contributed by atoms with Gasteiger partial charge in [0.05, 0.1) is 12.0 Å². The summed E-state index contributed by atoms with van der Waals surface area (Å²) in [6, 6.07) is -0.760. The molecule has 1 atom stereocenters. The van der Waals surface area contributed by atoms with Crippen LogP contribution in [-0.4, -0.2) is 52.6 Å². The van der Waals surface area contributed by atoms with E-state index >= 15 is 0 Å². The molecule has 1 aliphatic heterocycles. The van der Waals surface area contributed by atoms with Crippen LogP contribution in [0.1, 0.15) is 32.2 Å². The second kappa shape index (κ2) is 9.06. The minimum absolute atomic E-state index is 0.183. The molecule has 13 heteroatoms. The third-order valence-electron chi connectivity index (χ3n) is 6.28. The van der Waals surface area contributed by atoms with Crippen LogP contribution in [0, 0.1) is 0 Å². The molecule has 0 unspecified atom stereocenters. The zero-order valence-corrected chi connectivity index (χ0v) is 20.4. The Kier molecular flexibility index (Phi) is 5.93. The highest BCUT2D eigenvalue weighted by molar-refractivity contribution is 7.14. The Morgan fingerprint density at radius 3 is 2.49 bits per heavy atom. The molecule has 0 saturated carbocycles. The fraction of sp³-hybridized carbons (Fsp3) is 0.409. The zero-order valence-electron chi connectivity index (χ0n) is 19.6. The highest BCUT2D eigenvalue weighted by Gasteiger charge is 2.23. The number of carbonyl (C=O) groups is 1. The predicted molar refractivity (Wildman–Crippen MR) is 133 cm³/mol. The van der Waals surface area contributed by atoms with Crippen molar-refractivity contribution in [1.29, 1.82) is 0 Å². The van der Waals surface area contributed by atoms with E-state index in [-0.39, 0.29) is 17.1 Å². The number of hydrogen-bond donors (Lipinski definition) is 1. The lowest BCUT2D eigenvalue weighted by molar-refractivity contribution is -0.118. The van der Waals surface area contributed by atoms with Crippen LogP contribution < -0.4 is 21.5 Å². The normalized spacial score (nSPS) is 14.9. The second-order valence-electron chi connectivity index (χ2n) is 8.55. The van der Waals surface area contributed by atoms with Crippen molar-refractivity contribution in [2.75, 3.05) is 23.3 Å². The molecule has 0 radical (unpaired) electrons. The van der Waals surface area contributed by atoms with Crippen LogP contribution in [0.5, 0.6) is 0 Å². The number of aryl methyl sites for hydroxylation is 1. The monoisotopic (exact) mass is 495 g/mol. The van der Waals surface area contributed by atoms with E-state index in [0.29, 0.717) is 10.8 Å². The second-order valence-corrected chi connectivity index (χ2v) is 9.41. The van der Waals surface area contributed by atoms with Gasteiger partial charge in [0, 0.05) is 50.5 Å². The lowest BCUT2D eigenvalue weighted by Gasteiger charge is -2.26. The third kappa shape index (κ3) is 4.11. The van der Waals surface area contributed by atoms with Crippen molar-refractivity contribution < 1.29 is 4.79 Å². The van der Waals surface area contributed by atoms with Crippen LogP contribution in [0.15, 0.2) is 33.7 Å². The van der Waals surface area contributed by atoms with Crippen molar-refractivity contribution >= 4 is 39.5 Å². The number of amides is 1. The number of rotatable bonds is 5. The molecule has 1 aliphatic rings. The average Bonchev–Trinajstić information content (AvgIpc) is 3.54. The standard InChI is InChI=1S/C22H25N9O3S/c1-13(31-12-25-17-16(31)19(33)29(3)22(34)28(17)2)18(32)27-21-26-15(11-35-21)14-9-23-20(24-10-14)30-7-5-4-6-8-30/h9-13H,4-8H2,1-3H3,(H,26,27,32)/t13-/m0/s1. The minimum Gasteiger partial charge on any atom is -0.341 e. The summed E-state index contributed by atoms with van der Waals surface area (Å²) in [5.74, 6) is 0.361. The van der Waals surface area contributed by atoms with E-state index in [1.165, 1.54) is 47.3 Å². The maximum absolute atomic E-state index is 13.0. The number of carbonyl (C=O) groups excluding carboxylic acids is 1. The maximum atomic E-state index is 13.0. The van der Waals surface area contributed by atoms with Crippen molar-refractivity contribution in [2.45, 2.75) is 32.2 Å². The zero-order chi connectivity index (χ0) is 24.7. The van der Waals surface area contributed by atoms with Crippen molar-refractivity contribution in [1.82, 2.24) is 33.6 Å². The first kappa shape index (κ1) is 22.9. The number of aromatic nitrogens is 7. The van der Waals surface area contributed by atoms with Gasteiger partial charge < -0.3 is 14.8 Å². The molecule has 182 valence electrons. The van der Waals surface area contributed by atoms with Gasteiger partial charge in [0.25, 0.3) is 5.56 Å². The Labute approximate surface area is 203 Å². The summed E-state index contributed by atoms with van der Waals surface area (Å²) in [5, 5.41) is 5.05. The summed E-state index contributed by atoms with van der Waals surface area (Å²) in [7, 11) is 2.93. The largest absolute Gasteiger partial charge is 0.341 e. The molecule has 1 saturated heterocycles. The Bertz CT molecular complexity index is 1510. The van der Waals surface area contributed by atoms with Crippen LogP contribution in [0.25, 0.3) is 22.4 Å². The van der Waals surface area contributed by atoms with Gasteiger partial charge in [0.1, 0.15) is 6.04 Å². The van der Waals surface area contributed by atoms with Crippen LogP contribution in [-0.2, 0) is 18.9 Å². The number of nitrogens with zero attached hydrogens (tertiary/aromatic N) is 8. The molecule has 5 heterocycles. The molecule has 1 amide bonds. The van der Waals surface area contributed by atoms with Gasteiger partial charge in [-0.15, -0.1) is 11.3 Å². The third-order valence-corrected chi connectivity index (χ3v) is 7.03. The van der Waals surface area contributed by atoms with E-state index in [1.807, 2.05) is 5.38 Å². The van der Waals surface area contributed by atoms with Crippen LogP contribution in [0.3, 0.4) is 0 Å². The first-order valence-electron chi connectivity index (χ1n) is 11.3. The molecule has 4 aromatic heterocycles. The first-order chi connectivity index (χ1) is 16.8. The molecule has 0 aliphatic carbocycles. The summed E-state index contributed by atoms with van der Waals surface area (Å²) in [6.45, 7) is 3.60. The van der Waals surface area contributed by atoms with E-state index in [2.05, 4.69) is 30.2 Å². The van der Waals surface area contributed by atoms with Gasteiger partial charge in [0.2, 0.25) is 11.9 Å². The molecule has 1 N–H and O–H groups in total. The first-order valence-corrected chi connectivity index (χ1v) is 12.2. The van der Waals surface area contributed by atoms with Crippen LogP contribution in [0.4, 0.5) is 11.1 Å². The van der Waals surface area contributed by atoms with E-state index in [9.17, 15) is 14.4 Å². The number of nitrogens with one attached hydrogen (secondary N) is 1. The number of hydrogen-bond acceptors (Lipinski definition) is 9. The minimum atomic E-state index is -0.760. The fourth-order valence-corrected chi connectivity index (χ4v) is 4.89. The van der Waals surface area contributed by atoms with Crippen molar-refractivity contribution in [3.8, 4) is 11.3 Å². The molecule has 0 bridgehead atoms. The van der Waals surface area contributed by atoms with Gasteiger partial charge in [-0.3, -0.25) is 18.7 Å². The summed E-state index contributed by atoms with van der Waals surface area (Å²) in [4.78, 5) is 57.7. The number of anilines is 2. The van der Waals surface area contributed by atoms with Crippen molar-refractivity contribution in [3.63, 3.8) is 0 Å². The number of thiazole rings is 1. The molecular weight excluding hydrogens is 470 g/mol. The SMILES string of the molecule is C[C@@H](C(=O)Nc1nc(-c2cnc(N3CCCCC3)nc2)cs1)n1cnc2c1c(=O)n(C)c(=O)n2C. The Balaban J connectivity index is 1.33. The fourth-order valence-electron chi connectivity index (χ4n) is 4.17. The maximum Gasteiger partial charge on any atom is 0.332 e. The van der Waals surface area contributed by atoms with Gasteiger partial charge in [-0.1, -0.05) is 0 Å². The van der Waals surface area contributed by atoms with E-state index in [0.717, 1.165) is 42.0 Å². The smallest absolute Gasteiger partial charge is 0.332 e. The molecule has 12 nitrogen and oxygen atoms in total. The Morgan fingerprint density at radius 1 is 1.06 bits per heavy atom. The Hall–Kier alpha value is -3.87. The highest BCUT2D eigenvalue weighted by Crippen LogP contribution is 2.26. The summed E-state index contributed by atoms with van der Waals surface area (Å²) in [5.41, 5.74) is 0.851. The Morgan fingerprint density at radius 2 is 1.77 bits per heavy atom. The van der Waals surface area contributed by atoms with Gasteiger partial charge in [0.15, 0.2) is 16.3 Å². The summed E-state index contributed by atoms with van der Waals surface area (Å²) < 4.78 is 3.74. The van der Waals surface area contributed by atoms with Crippen LogP contribution >= 0.6 is 11.3 Å². The van der Waals surface area contributed by atoms with Crippen molar-refractivity contribution in [2.24, 2.45) is 14.1 Å². The van der Waals surface area contributed by atoms with Crippen LogP contribution in [0.2, 0.25) is 0 Å². The molecule has 1 fully saturated rings. The lowest BCUT2D eigenvalue weighted by atomic mass is 10.1. The molecule has 4 aromatic rings. The quantitative estimate of drug-likeness (QED) is 0.441. The molecule has 0 spiro atoms. The molecule has 35 heavy (non-hydrogen) atoms. The van der Waals surface area contributed by atoms with E-state index in [4.69, 9.17) is 0 Å². The number of imidazole rings is 1. The lowest BCUT2D eigenvalue weighted by Crippen LogP contribution is -2.38. The molecular formula is C22H25N9O3S. The summed E-state index contributed by atoms with van der Waals surface area (Å²) >= 11 is 1.29. The molecule has 0 aromatic carbocycles. The van der Waals surface area contributed by atoms with Gasteiger partial charge >= 0.3 is 5.69 Å². The number of piperidine rings is 1. The van der Waals surface area contributed by atoms with E-state index < -0.39 is 17.3 Å². The highest BCUT2D eigenvalue weighted by atomic mass is 32.1. The van der Waals surface area contributed by atoms with E-state index in [1.54, 1.807) is 19.3 Å². The van der Waals surface area contributed by atoms with Gasteiger partial charge in [-0.25, -0.2) is 24.7 Å². The number of fused-ring (bicyclic) bond motifs is 1. The molecule has 5 rings (SSSR count). The topological polar surface area (TPSA) is 133 Å². The van der Waals surface area contributed by atoms with Gasteiger partial charge in [-0.2, -0.15) is 0 Å². The summed E-state index contributed by atoms with van der Waals surface area (Å²) in [6.07, 6.45) is 8.44. The predicted octanol–water partition coefficient (Wildman–Crippen LogP) is 1.54.